The van der Waals surface area contributed by atoms with Crippen molar-refractivity contribution < 1.29 is 14.4 Å². The summed E-state index contributed by atoms with van der Waals surface area (Å²) >= 11 is 0. The molecular weight excluding hydrogens is 342 g/mol. The number of rotatable bonds is 3. The Kier molecular flexibility index (Phi) is 10.2. The molecular formula is C21H33N3O3. The van der Waals surface area contributed by atoms with Crippen LogP contribution in [0.5, 0.6) is 0 Å². The van der Waals surface area contributed by atoms with E-state index in [1.165, 1.54) is 30.4 Å². The van der Waals surface area contributed by atoms with Crippen molar-refractivity contribution in [2.75, 3.05) is 0 Å². The highest BCUT2D eigenvalue weighted by Crippen LogP contribution is 2.23. The van der Waals surface area contributed by atoms with E-state index in [0.717, 1.165) is 0 Å². The van der Waals surface area contributed by atoms with Crippen molar-refractivity contribution in [1.82, 2.24) is 15.5 Å². The second-order valence-electron chi connectivity index (χ2n) is 6.13. The Bertz CT molecular complexity index is 601. The van der Waals surface area contributed by atoms with E-state index in [-0.39, 0.29) is 18.2 Å². The molecule has 150 valence electrons. The minimum absolute atomic E-state index is 0.00940. The maximum absolute atomic E-state index is 12.1. The molecule has 27 heavy (non-hydrogen) atoms. The lowest BCUT2D eigenvalue weighted by Crippen LogP contribution is -2.32. The van der Waals surface area contributed by atoms with Crippen molar-refractivity contribution in [1.29, 1.82) is 0 Å². The van der Waals surface area contributed by atoms with E-state index in [4.69, 9.17) is 0 Å². The second kappa shape index (κ2) is 12.1. The van der Waals surface area contributed by atoms with Gasteiger partial charge in [-0.15, -0.1) is 0 Å². The van der Waals surface area contributed by atoms with E-state index < -0.39 is 12.1 Å². The monoisotopic (exact) mass is 375 g/mol. The smallest absolute Gasteiger partial charge is 0.322 e. The summed E-state index contributed by atoms with van der Waals surface area (Å²) in [4.78, 5) is 36.3. The highest BCUT2D eigenvalue weighted by Gasteiger charge is 2.30. The highest BCUT2D eigenvalue weighted by atomic mass is 16.2. The molecule has 1 unspecified atom stereocenters. The van der Waals surface area contributed by atoms with Crippen molar-refractivity contribution in [2.45, 2.75) is 78.9 Å². The summed E-state index contributed by atoms with van der Waals surface area (Å²) in [6.07, 6.45) is 5.09. The molecule has 0 spiro atoms. The van der Waals surface area contributed by atoms with Crippen LogP contribution < -0.4 is 10.6 Å². The maximum Gasteiger partial charge on any atom is 0.322 e. The van der Waals surface area contributed by atoms with Crippen molar-refractivity contribution in [3.63, 3.8) is 0 Å². The van der Waals surface area contributed by atoms with Gasteiger partial charge in [-0.2, -0.15) is 0 Å². The van der Waals surface area contributed by atoms with Gasteiger partial charge in [0.25, 0.3) is 5.91 Å². The van der Waals surface area contributed by atoms with Crippen LogP contribution in [-0.2, 0) is 22.7 Å². The van der Waals surface area contributed by atoms with Crippen LogP contribution in [0.15, 0.2) is 24.3 Å². The van der Waals surface area contributed by atoms with Gasteiger partial charge >= 0.3 is 6.03 Å². The number of fused-ring (bicyclic) bond motifs is 1. The summed E-state index contributed by atoms with van der Waals surface area (Å²) in [5.74, 6) is -0.345. The van der Waals surface area contributed by atoms with E-state index in [0.29, 0.717) is 19.5 Å². The van der Waals surface area contributed by atoms with Gasteiger partial charge in [-0.1, -0.05) is 71.2 Å². The molecule has 0 aromatic heterocycles. The lowest BCUT2D eigenvalue weighted by atomic mass is 10.1. The van der Waals surface area contributed by atoms with Crippen LogP contribution in [0.3, 0.4) is 0 Å². The highest BCUT2D eigenvalue weighted by molar-refractivity contribution is 6.04. The van der Waals surface area contributed by atoms with E-state index in [2.05, 4.69) is 10.6 Å². The van der Waals surface area contributed by atoms with E-state index >= 15 is 0 Å². The van der Waals surface area contributed by atoms with Gasteiger partial charge in [-0.25, -0.2) is 4.79 Å². The van der Waals surface area contributed by atoms with Crippen LogP contribution in [-0.4, -0.2) is 28.8 Å². The number of nitrogens with zero attached hydrogens (tertiary/aromatic N) is 1. The molecule has 6 heteroatoms. The molecule has 1 aliphatic carbocycles. The lowest BCUT2D eigenvalue weighted by molar-refractivity contribution is -0.132. The standard InChI is InChI=1S/C14H15N3O3.C3H6.2C2H6/c18-12(6-5-11-13(19)16-14(20)15-11)17-7-9-3-1-2-4-10(9)8-17;1-2-3-1;2*1-2/h1-4,11H,5-8H2,(H2,15,16,19,20);1-3H2;2*1-2H3. The third-order valence-corrected chi connectivity index (χ3v) is 4.05. The Hall–Kier alpha value is -2.37. The first-order valence-electron chi connectivity index (χ1n) is 10.1. The molecule has 3 aliphatic rings. The molecule has 4 amide bonds. The average Bonchev–Trinajstić information content (AvgIpc) is 3.46. The summed E-state index contributed by atoms with van der Waals surface area (Å²) in [6, 6.07) is 6.90. The number of urea groups is 1. The molecule has 1 aromatic carbocycles. The van der Waals surface area contributed by atoms with Crippen LogP contribution in [0, 0.1) is 0 Å². The Morgan fingerprint density at radius 2 is 1.52 bits per heavy atom. The van der Waals surface area contributed by atoms with Gasteiger partial charge in [0.05, 0.1) is 0 Å². The number of carbonyl (C=O) groups is 3. The zero-order chi connectivity index (χ0) is 20.2. The summed E-state index contributed by atoms with van der Waals surface area (Å²) in [6.45, 7) is 9.25. The zero-order valence-corrected chi connectivity index (χ0v) is 17.0. The van der Waals surface area contributed by atoms with Gasteiger partial charge in [0.15, 0.2) is 0 Å². The Balaban J connectivity index is 0.000000452. The number of nitrogens with one attached hydrogen (secondary N) is 2. The Labute approximate surface area is 162 Å². The van der Waals surface area contributed by atoms with Crippen LogP contribution >= 0.6 is 0 Å². The van der Waals surface area contributed by atoms with Gasteiger partial charge in [-0.05, 0) is 17.5 Å². The number of carbonyl (C=O) groups excluding carboxylic acids is 3. The molecule has 1 saturated heterocycles. The normalized spacial score (nSPS) is 18.4. The summed E-state index contributed by atoms with van der Waals surface area (Å²) in [5, 5.41) is 4.66. The number of hydrogen-bond donors (Lipinski definition) is 2. The molecule has 1 saturated carbocycles. The quantitative estimate of drug-likeness (QED) is 0.790. The number of benzene rings is 1. The molecule has 4 rings (SSSR count). The van der Waals surface area contributed by atoms with Crippen LogP contribution in [0.4, 0.5) is 4.79 Å². The summed E-state index contributed by atoms with van der Waals surface area (Å²) in [7, 11) is 0. The molecule has 2 heterocycles. The molecule has 0 radical (unpaired) electrons. The van der Waals surface area contributed by atoms with E-state index in [1.807, 2.05) is 52.0 Å². The minimum atomic E-state index is -0.587. The number of hydrogen-bond acceptors (Lipinski definition) is 3. The number of amides is 4. The molecule has 1 atom stereocenters. The topological polar surface area (TPSA) is 78.5 Å². The molecule has 2 N–H and O–H groups in total. The van der Waals surface area contributed by atoms with Gasteiger partial charge in [0.2, 0.25) is 5.91 Å². The average molecular weight is 376 g/mol. The fourth-order valence-corrected chi connectivity index (χ4v) is 2.60. The molecule has 0 bridgehead atoms. The van der Waals surface area contributed by atoms with Crippen LogP contribution in [0.25, 0.3) is 0 Å². The molecule has 2 fully saturated rings. The maximum atomic E-state index is 12.1. The van der Waals surface area contributed by atoms with Crippen molar-refractivity contribution in [3.8, 4) is 0 Å². The first-order valence-corrected chi connectivity index (χ1v) is 10.1. The SMILES string of the molecule is C1CC1.CC.CC.O=C1NC(=O)C(CCC(=O)N2Cc3ccccc3C2)N1. The van der Waals surface area contributed by atoms with Crippen LogP contribution in [0.1, 0.15) is 70.9 Å². The Morgan fingerprint density at radius 1 is 1.00 bits per heavy atom. The minimum Gasteiger partial charge on any atom is -0.334 e. The van der Waals surface area contributed by atoms with Gasteiger partial charge in [0.1, 0.15) is 6.04 Å². The fourth-order valence-electron chi connectivity index (χ4n) is 2.60. The molecule has 6 nitrogen and oxygen atoms in total. The first kappa shape index (κ1) is 22.7. The second-order valence-corrected chi connectivity index (χ2v) is 6.13. The van der Waals surface area contributed by atoms with Crippen molar-refractivity contribution >= 4 is 17.8 Å². The van der Waals surface area contributed by atoms with E-state index in [1.54, 1.807) is 4.90 Å². The van der Waals surface area contributed by atoms with Gasteiger partial charge < -0.3 is 10.2 Å². The summed E-state index contributed by atoms with van der Waals surface area (Å²) < 4.78 is 0. The lowest BCUT2D eigenvalue weighted by Gasteiger charge is -2.16. The van der Waals surface area contributed by atoms with Gasteiger partial charge in [0, 0.05) is 19.5 Å². The third kappa shape index (κ3) is 7.41. The van der Waals surface area contributed by atoms with Gasteiger partial charge in [-0.3, -0.25) is 14.9 Å². The van der Waals surface area contributed by atoms with Crippen molar-refractivity contribution in [2.24, 2.45) is 0 Å². The molecule has 2 aliphatic heterocycles. The fraction of sp³-hybridized carbons (Fsp3) is 0.571. The zero-order valence-electron chi connectivity index (χ0n) is 17.0. The largest absolute Gasteiger partial charge is 0.334 e. The third-order valence-electron chi connectivity index (χ3n) is 4.05. The Morgan fingerprint density at radius 3 is 1.93 bits per heavy atom. The van der Waals surface area contributed by atoms with Crippen LogP contribution in [0.2, 0.25) is 0 Å². The predicted octanol–water partition coefficient (Wildman–Crippen LogP) is 3.74. The predicted molar refractivity (Wildman–Crippen MR) is 107 cm³/mol. The molecule has 1 aromatic rings. The first-order chi connectivity index (χ1) is 13.1. The summed E-state index contributed by atoms with van der Waals surface area (Å²) in [5.41, 5.74) is 2.35. The van der Waals surface area contributed by atoms with E-state index in [9.17, 15) is 14.4 Å². The van der Waals surface area contributed by atoms with Crippen molar-refractivity contribution in [3.05, 3.63) is 35.4 Å². The number of imide groups is 1.